The van der Waals surface area contributed by atoms with Crippen molar-refractivity contribution in [2.75, 3.05) is 14.2 Å². The monoisotopic (exact) mass is 375 g/mol. The minimum atomic E-state index is -0.157. The van der Waals surface area contributed by atoms with E-state index in [1.807, 2.05) is 18.2 Å². The van der Waals surface area contributed by atoms with E-state index < -0.39 is 0 Å². The van der Waals surface area contributed by atoms with Gasteiger partial charge in [-0.25, -0.2) is 4.79 Å². The molecule has 0 saturated heterocycles. The number of benzene rings is 1. The molecular weight excluding hydrogens is 342 g/mol. The minimum absolute atomic E-state index is 0.157. The molecule has 2 aliphatic carbocycles. The summed E-state index contributed by atoms with van der Waals surface area (Å²) in [6.07, 6.45) is 11.7. The fourth-order valence-electron chi connectivity index (χ4n) is 4.48. The van der Waals surface area contributed by atoms with Crippen molar-refractivity contribution in [3.63, 3.8) is 0 Å². The highest BCUT2D eigenvalue weighted by molar-refractivity contribution is 5.68. The minimum Gasteiger partial charge on any atom is -0.497 e. The summed E-state index contributed by atoms with van der Waals surface area (Å²) < 4.78 is 16.4. The van der Waals surface area contributed by atoms with Crippen LogP contribution in [0.1, 0.15) is 69.8 Å². The van der Waals surface area contributed by atoms with Gasteiger partial charge in [0.15, 0.2) is 0 Å². The Labute approximate surface area is 163 Å². The molecule has 5 heteroatoms. The lowest BCUT2D eigenvalue weighted by Crippen LogP contribution is -2.48. The fraction of sp³-hybridized carbons (Fsp3) is 0.682. The van der Waals surface area contributed by atoms with Crippen molar-refractivity contribution in [2.24, 2.45) is 0 Å². The number of carbonyl (C=O) groups excluding carboxylic acids is 1. The number of amides is 1. The lowest BCUT2D eigenvalue weighted by molar-refractivity contribution is 0.0416. The van der Waals surface area contributed by atoms with Gasteiger partial charge in [-0.1, -0.05) is 38.5 Å². The summed E-state index contributed by atoms with van der Waals surface area (Å²) in [4.78, 5) is 15.2. The largest absolute Gasteiger partial charge is 0.497 e. The Kier molecular flexibility index (Phi) is 7.25. The van der Waals surface area contributed by atoms with Crippen LogP contribution in [0.4, 0.5) is 4.79 Å². The number of nitrogens with zero attached hydrogens (tertiary/aromatic N) is 1. The number of rotatable bonds is 6. The van der Waals surface area contributed by atoms with E-state index in [9.17, 15) is 4.79 Å². The zero-order chi connectivity index (χ0) is 19.1. The molecule has 0 N–H and O–H groups in total. The van der Waals surface area contributed by atoms with Crippen LogP contribution in [0.15, 0.2) is 18.2 Å². The molecular formula is C22H33NO4. The van der Waals surface area contributed by atoms with Gasteiger partial charge in [-0.2, -0.15) is 0 Å². The average Bonchev–Trinajstić information content (AvgIpc) is 2.73. The van der Waals surface area contributed by atoms with Crippen molar-refractivity contribution in [1.82, 2.24) is 4.90 Å². The topological polar surface area (TPSA) is 48.0 Å². The van der Waals surface area contributed by atoms with Gasteiger partial charge in [0, 0.05) is 18.2 Å². The average molecular weight is 376 g/mol. The summed E-state index contributed by atoms with van der Waals surface area (Å²) in [6.45, 7) is 0.238. The van der Waals surface area contributed by atoms with Gasteiger partial charge in [-0.15, -0.1) is 0 Å². The number of carbonyl (C=O) groups is 1. The number of hydrogen-bond donors (Lipinski definition) is 0. The summed E-state index contributed by atoms with van der Waals surface area (Å²) in [5.74, 6) is 1.41. The van der Waals surface area contributed by atoms with Crippen molar-refractivity contribution < 1.29 is 19.0 Å². The van der Waals surface area contributed by atoms with E-state index in [-0.39, 0.29) is 12.7 Å². The summed E-state index contributed by atoms with van der Waals surface area (Å²) in [7, 11) is 3.25. The Morgan fingerprint density at radius 2 is 1.33 bits per heavy atom. The van der Waals surface area contributed by atoms with E-state index in [2.05, 4.69) is 4.90 Å². The third kappa shape index (κ3) is 5.30. The molecule has 0 aliphatic heterocycles. The van der Waals surface area contributed by atoms with E-state index in [0.717, 1.165) is 31.2 Å². The van der Waals surface area contributed by atoms with Gasteiger partial charge in [-0.3, -0.25) is 0 Å². The first kappa shape index (κ1) is 19.8. The molecule has 0 aromatic heterocycles. The quantitative estimate of drug-likeness (QED) is 0.676. The van der Waals surface area contributed by atoms with E-state index >= 15 is 0 Å². The Morgan fingerprint density at radius 3 is 1.78 bits per heavy atom. The second-order valence-electron chi connectivity index (χ2n) is 7.77. The number of hydrogen-bond acceptors (Lipinski definition) is 4. The smallest absolute Gasteiger partial charge is 0.410 e. The lowest BCUT2D eigenvalue weighted by atomic mass is 9.89. The third-order valence-corrected chi connectivity index (χ3v) is 5.92. The van der Waals surface area contributed by atoms with Crippen molar-refractivity contribution in [3.8, 4) is 11.5 Å². The Hall–Kier alpha value is -1.91. The zero-order valence-electron chi connectivity index (χ0n) is 16.7. The van der Waals surface area contributed by atoms with E-state index in [1.54, 1.807) is 14.2 Å². The molecule has 0 atom stereocenters. The molecule has 1 aromatic carbocycles. The molecule has 3 rings (SSSR count). The Balaban J connectivity index is 1.68. The van der Waals surface area contributed by atoms with Crippen LogP contribution in [0.5, 0.6) is 11.5 Å². The summed E-state index contributed by atoms with van der Waals surface area (Å²) in [5.41, 5.74) is 0.881. The molecule has 0 spiro atoms. The van der Waals surface area contributed by atoms with Gasteiger partial charge in [0.1, 0.15) is 18.1 Å². The molecule has 0 radical (unpaired) electrons. The first-order valence-electron chi connectivity index (χ1n) is 10.4. The van der Waals surface area contributed by atoms with Crippen LogP contribution in [0, 0.1) is 0 Å². The van der Waals surface area contributed by atoms with Crippen LogP contribution in [0.25, 0.3) is 0 Å². The van der Waals surface area contributed by atoms with Gasteiger partial charge in [0.25, 0.3) is 0 Å². The van der Waals surface area contributed by atoms with E-state index in [4.69, 9.17) is 14.2 Å². The Morgan fingerprint density at radius 1 is 0.852 bits per heavy atom. The predicted molar refractivity (Wildman–Crippen MR) is 105 cm³/mol. The zero-order valence-corrected chi connectivity index (χ0v) is 16.7. The van der Waals surface area contributed by atoms with Gasteiger partial charge in [-0.05, 0) is 43.4 Å². The molecule has 27 heavy (non-hydrogen) atoms. The maximum atomic E-state index is 13.1. The van der Waals surface area contributed by atoms with Crippen LogP contribution in [-0.4, -0.2) is 37.3 Å². The van der Waals surface area contributed by atoms with Crippen LogP contribution in [0.2, 0.25) is 0 Å². The van der Waals surface area contributed by atoms with Crippen molar-refractivity contribution in [1.29, 1.82) is 0 Å². The second kappa shape index (κ2) is 9.86. The van der Waals surface area contributed by atoms with Crippen LogP contribution >= 0.6 is 0 Å². The molecule has 5 nitrogen and oxygen atoms in total. The maximum Gasteiger partial charge on any atom is 0.410 e. The maximum absolute atomic E-state index is 13.1. The first-order valence-corrected chi connectivity index (χ1v) is 10.4. The van der Waals surface area contributed by atoms with Crippen LogP contribution in [0.3, 0.4) is 0 Å². The highest BCUT2D eigenvalue weighted by atomic mass is 16.6. The van der Waals surface area contributed by atoms with Crippen molar-refractivity contribution >= 4 is 6.09 Å². The van der Waals surface area contributed by atoms with Gasteiger partial charge >= 0.3 is 6.09 Å². The molecule has 1 aromatic rings. The van der Waals surface area contributed by atoms with Gasteiger partial charge < -0.3 is 19.1 Å². The van der Waals surface area contributed by atoms with E-state index in [0.29, 0.717) is 23.6 Å². The molecule has 2 fully saturated rings. The molecule has 1 amide bonds. The predicted octanol–water partition coefficient (Wildman–Crippen LogP) is 5.31. The SMILES string of the molecule is COc1cc(COC(=O)N(C2CCCCC2)C2CCCCC2)cc(OC)c1. The normalized spacial score (nSPS) is 18.7. The third-order valence-electron chi connectivity index (χ3n) is 5.92. The second-order valence-corrected chi connectivity index (χ2v) is 7.77. The van der Waals surface area contributed by atoms with Crippen molar-refractivity contribution in [2.45, 2.75) is 82.9 Å². The van der Waals surface area contributed by atoms with Crippen molar-refractivity contribution in [3.05, 3.63) is 23.8 Å². The fourth-order valence-corrected chi connectivity index (χ4v) is 4.48. The molecule has 2 saturated carbocycles. The summed E-state index contributed by atoms with van der Waals surface area (Å²) in [5, 5.41) is 0. The summed E-state index contributed by atoms with van der Waals surface area (Å²) >= 11 is 0. The standard InChI is InChI=1S/C22H33NO4/c1-25-20-13-17(14-21(15-20)26-2)16-27-22(24)23(18-9-5-3-6-10-18)19-11-7-4-8-12-19/h13-15,18-19H,3-12,16H2,1-2H3. The van der Waals surface area contributed by atoms with E-state index in [1.165, 1.54) is 38.5 Å². The van der Waals surface area contributed by atoms with Gasteiger partial charge in [0.2, 0.25) is 0 Å². The Bertz CT molecular complexity index is 566. The summed E-state index contributed by atoms with van der Waals surface area (Å²) in [6, 6.07) is 6.29. The molecule has 0 unspecified atom stereocenters. The van der Waals surface area contributed by atoms with Crippen LogP contribution in [-0.2, 0) is 11.3 Å². The van der Waals surface area contributed by atoms with Crippen LogP contribution < -0.4 is 9.47 Å². The molecule has 0 heterocycles. The highest BCUT2D eigenvalue weighted by Gasteiger charge is 2.33. The molecule has 0 bridgehead atoms. The molecule has 2 aliphatic rings. The first-order chi connectivity index (χ1) is 13.2. The number of ether oxygens (including phenoxy) is 3. The number of methoxy groups -OCH3 is 2. The van der Waals surface area contributed by atoms with Gasteiger partial charge in [0.05, 0.1) is 14.2 Å². The lowest BCUT2D eigenvalue weighted by Gasteiger charge is -2.40. The molecule has 150 valence electrons. The highest BCUT2D eigenvalue weighted by Crippen LogP contribution is 2.31.